The Hall–Kier alpha value is -2.32. The molecule has 0 amide bonds. The summed E-state index contributed by atoms with van der Waals surface area (Å²) in [5.74, 6) is 0.785. The van der Waals surface area contributed by atoms with Crippen LogP contribution in [0.2, 0.25) is 5.02 Å². The molecule has 0 bridgehead atoms. The second-order valence-electron chi connectivity index (χ2n) is 6.49. The molecule has 0 aromatic heterocycles. The maximum Gasteiger partial charge on any atom is 0.416 e. The van der Waals surface area contributed by atoms with Crippen molar-refractivity contribution in [1.82, 2.24) is 5.43 Å². The Balaban J connectivity index is 1.83. The quantitative estimate of drug-likeness (QED) is 0.192. The monoisotopic (exact) mass is 457 g/mol. The maximum absolute atomic E-state index is 12.8. The molecule has 4 nitrogen and oxygen atoms in total. The van der Waals surface area contributed by atoms with Gasteiger partial charge in [-0.3, -0.25) is 5.43 Å². The highest BCUT2D eigenvalue weighted by molar-refractivity contribution is 7.80. The molecule has 9 heteroatoms. The van der Waals surface area contributed by atoms with E-state index in [1.54, 1.807) is 0 Å². The van der Waals surface area contributed by atoms with Crippen LogP contribution in [0.3, 0.4) is 0 Å². The third kappa shape index (κ3) is 8.20. The molecule has 0 aliphatic carbocycles. The molecule has 0 heterocycles. The molecule has 162 valence electrons. The van der Waals surface area contributed by atoms with Crippen molar-refractivity contribution < 1.29 is 17.9 Å². The van der Waals surface area contributed by atoms with Crippen LogP contribution in [0.25, 0.3) is 0 Å². The zero-order valence-corrected chi connectivity index (χ0v) is 18.0. The van der Waals surface area contributed by atoms with Gasteiger partial charge in [0.15, 0.2) is 5.11 Å². The van der Waals surface area contributed by atoms with E-state index < -0.39 is 11.7 Å². The first-order valence-electron chi connectivity index (χ1n) is 9.49. The number of ether oxygens (including phenoxy) is 1. The molecule has 0 fully saturated rings. The molecule has 2 aromatic rings. The molecule has 0 aliphatic heterocycles. The van der Waals surface area contributed by atoms with E-state index in [9.17, 15) is 13.2 Å². The first-order chi connectivity index (χ1) is 14.3. The van der Waals surface area contributed by atoms with Crippen LogP contribution in [0.1, 0.15) is 43.7 Å². The van der Waals surface area contributed by atoms with Crippen molar-refractivity contribution >= 4 is 40.8 Å². The summed E-state index contributed by atoms with van der Waals surface area (Å²) in [6, 6.07) is 10.3. The SMILES string of the molecule is CCCCCCOc1ccc(C=NNC(=S)Nc2cc(C(F)(F)F)ccc2Cl)cc1. The molecule has 0 radical (unpaired) electrons. The minimum absolute atomic E-state index is 0.0134. The molecule has 2 aromatic carbocycles. The van der Waals surface area contributed by atoms with Gasteiger partial charge in [0.2, 0.25) is 0 Å². The topological polar surface area (TPSA) is 45.6 Å². The van der Waals surface area contributed by atoms with Gasteiger partial charge in [0.05, 0.1) is 29.1 Å². The Morgan fingerprint density at radius 2 is 1.87 bits per heavy atom. The second kappa shape index (κ2) is 11.8. The van der Waals surface area contributed by atoms with Crippen molar-refractivity contribution in [2.24, 2.45) is 5.10 Å². The number of alkyl halides is 3. The van der Waals surface area contributed by atoms with Gasteiger partial charge in [-0.05, 0) is 66.7 Å². The van der Waals surface area contributed by atoms with Gasteiger partial charge in [0.1, 0.15) is 5.75 Å². The van der Waals surface area contributed by atoms with E-state index in [0.717, 1.165) is 42.4 Å². The number of nitrogens with one attached hydrogen (secondary N) is 2. The summed E-state index contributed by atoms with van der Waals surface area (Å²) in [4.78, 5) is 0. The molecule has 0 aliphatic rings. The van der Waals surface area contributed by atoms with E-state index in [-0.39, 0.29) is 15.8 Å². The van der Waals surface area contributed by atoms with Crippen LogP contribution in [-0.2, 0) is 6.18 Å². The lowest BCUT2D eigenvalue weighted by Crippen LogP contribution is -2.24. The van der Waals surface area contributed by atoms with Crippen LogP contribution in [-0.4, -0.2) is 17.9 Å². The molecule has 0 spiro atoms. The normalized spacial score (nSPS) is 11.5. The number of halogens is 4. The van der Waals surface area contributed by atoms with E-state index in [4.69, 9.17) is 28.6 Å². The standard InChI is InChI=1S/C21H23ClF3N3OS/c1-2-3-4-5-12-29-17-9-6-15(7-10-17)14-26-28-20(30)27-19-13-16(21(23,24)25)8-11-18(19)22/h6-11,13-14H,2-5,12H2,1H3,(H2,27,28,30). The average Bonchev–Trinajstić information content (AvgIpc) is 2.70. The van der Waals surface area contributed by atoms with Crippen LogP contribution < -0.4 is 15.5 Å². The molecular weight excluding hydrogens is 435 g/mol. The zero-order chi connectivity index (χ0) is 22.0. The highest BCUT2D eigenvalue weighted by Gasteiger charge is 2.31. The van der Waals surface area contributed by atoms with Crippen LogP contribution in [0.15, 0.2) is 47.6 Å². The number of hydrogen-bond acceptors (Lipinski definition) is 3. The first kappa shape index (κ1) is 24.0. The van der Waals surface area contributed by atoms with Gasteiger partial charge in [-0.2, -0.15) is 18.3 Å². The number of nitrogens with zero attached hydrogens (tertiary/aromatic N) is 1. The first-order valence-corrected chi connectivity index (χ1v) is 10.3. The number of benzene rings is 2. The summed E-state index contributed by atoms with van der Waals surface area (Å²) in [7, 11) is 0. The minimum atomic E-state index is -4.47. The summed E-state index contributed by atoms with van der Waals surface area (Å²) in [5, 5.41) is 6.72. The van der Waals surface area contributed by atoms with Gasteiger partial charge in [0, 0.05) is 0 Å². The van der Waals surface area contributed by atoms with Gasteiger partial charge in [-0.15, -0.1) is 0 Å². The fourth-order valence-corrected chi connectivity index (χ4v) is 2.81. The molecule has 30 heavy (non-hydrogen) atoms. The lowest BCUT2D eigenvalue weighted by atomic mass is 10.2. The molecule has 2 N–H and O–H groups in total. The van der Waals surface area contributed by atoms with E-state index in [0.29, 0.717) is 6.61 Å². The van der Waals surface area contributed by atoms with Crippen molar-refractivity contribution in [2.75, 3.05) is 11.9 Å². The van der Waals surface area contributed by atoms with Crippen LogP contribution in [0, 0.1) is 0 Å². The van der Waals surface area contributed by atoms with Crippen LogP contribution >= 0.6 is 23.8 Å². The van der Waals surface area contributed by atoms with Gasteiger partial charge in [-0.1, -0.05) is 37.8 Å². The lowest BCUT2D eigenvalue weighted by Gasteiger charge is -2.12. The predicted octanol–water partition coefficient (Wildman–Crippen LogP) is 6.64. The summed E-state index contributed by atoms with van der Waals surface area (Å²) in [6.45, 7) is 2.85. The molecule has 0 saturated carbocycles. The maximum atomic E-state index is 12.8. The summed E-state index contributed by atoms with van der Waals surface area (Å²) >= 11 is 11.0. The Morgan fingerprint density at radius 3 is 2.53 bits per heavy atom. The van der Waals surface area contributed by atoms with Crippen molar-refractivity contribution in [2.45, 2.75) is 38.8 Å². The minimum Gasteiger partial charge on any atom is -0.494 e. The molecule has 2 rings (SSSR count). The number of hydrogen-bond donors (Lipinski definition) is 2. The highest BCUT2D eigenvalue weighted by atomic mass is 35.5. The fraction of sp³-hybridized carbons (Fsp3) is 0.333. The average molecular weight is 458 g/mol. The Kier molecular flexibility index (Phi) is 9.39. The van der Waals surface area contributed by atoms with Gasteiger partial charge >= 0.3 is 6.18 Å². The van der Waals surface area contributed by atoms with Gasteiger partial charge in [-0.25, -0.2) is 0 Å². The fourth-order valence-electron chi connectivity index (χ4n) is 2.48. The number of thiocarbonyl (C=S) groups is 1. The largest absolute Gasteiger partial charge is 0.494 e. The molecular formula is C21H23ClF3N3OS. The highest BCUT2D eigenvalue weighted by Crippen LogP contribution is 2.33. The third-order valence-electron chi connectivity index (χ3n) is 4.07. The van der Waals surface area contributed by atoms with Gasteiger partial charge < -0.3 is 10.1 Å². The number of hydrazone groups is 1. The molecule has 0 unspecified atom stereocenters. The molecule has 0 saturated heterocycles. The number of unbranched alkanes of at least 4 members (excludes halogenated alkanes) is 3. The predicted molar refractivity (Wildman–Crippen MR) is 119 cm³/mol. The van der Waals surface area contributed by atoms with Crippen molar-refractivity contribution in [3.63, 3.8) is 0 Å². The van der Waals surface area contributed by atoms with Crippen LogP contribution in [0.4, 0.5) is 18.9 Å². The third-order valence-corrected chi connectivity index (χ3v) is 4.59. The smallest absolute Gasteiger partial charge is 0.416 e. The summed E-state index contributed by atoms with van der Waals surface area (Å²) in [5.41, 5.74) is 2.57. The van der Waals surface area contributed by atoms with Crippen LogP contribution in [0.5, 0.6) is 5.75 Å². The van der Waals surface area contributed by atoms with Crippen molar-refractivity contribution in [3.8, 4) is 5.75 Å². The van der Waals surface area contributed by atoms with E-state index in [1.807, 2.05) is 24.3 Å². The Bertz CT molecular complexity index is 858. The Labute approximate surface area is 184 Å². The van der Waals surface area contributed by atoms with Gasteiger partial charge in [0.25, 0.3) is 0 Å². The van der Waals surface area contributed by atoms with Crippen molar-refractivity contribution in [3.05, 3.63) is 58.6 Å². The zero-order valence-electron chi connectivity index (χ0n) is 16.4. The summed E-state index contributed by atoms with van der Waals surface area (Å²) in [6.07, 6.45) is 1.65. The summed E-state index contributed by atoms with van der Waals surface area (Å²) < 4.78 is 44.1. The Morgan fingerprint density at radius 1 is 1.13 bits per heavy atom. The number of anilines is 1. The number of rotatable bonds is 9. The molecule has 0 atom stereocenters. The lowest BCUT2D eigenvalue weighted by molar-refractivity contribution is -0.137. The second-order valence-corrected chi connectivity index (χ2v) is 7.31. The van der Waals surface area contributed by atoms with E-state index in [2.05, 4.69) is 22.8 Å². The van der Waals surface area contributed by atoms with E-state index in [1.165, 1.54) is 19.1 Å². The van der Waals surface area contributed by atoms with Crippen molar-refractivity contribution in [1.29, 1.82) is 0 Å². The van der Waals surface area contributed by atoms with E-state index >= 15 is 0 Å².